The number of aromatic nitrogens is 3. The highest BCUT2D eigenvalue weighted by Crippen LogP contribution is 2.38. The molecule has 0 aliphatic carbocycles. The lowest BCUT2D eigenvalue weighted by Crippen LogP contribution is -2.17. The van der Waals surface area contributed by atoms with Crippen LogP contribution < -0.4 is 5.32 Å². The van der Waals surface area contributed by atoms with Crippen LogP contribution in [-0.2, 0) is 11.2 Å². The lowest BCUT2D eigenvalue weighted by atomic mass is 10.1. The zero-order valence-corrected chi connectivity index (χ0v) is 14.6. The molecule has 0 saturated heterocycles. The first-order valence-electron chi connectivity index (χ1n) is 7.78. The van der Waals surface area contributed by atoms with Crippen molar-refractivity contribution in [3.8, 4) is 22.0 Å². The number of aryl methyl sites for hydroxylation is 1. The second kappa shape index (κ2) is 6.92. The van der Waals surface area contributed by atoms with Gasteiger partial charge in [0.05, 0.1) is 5.69 Å². The van der Waals surface area contributed by atoms with Gasteiger partial charge in [-0.2, -0.15) is 4.98 Å². The van der Waals surface area contributed by atoms with Crippen molar-refractivity contribution in [2.45, 2.75) is 27.2 Å². The topological polar surface area (TPSA) is 80.9 Å². The van der Waals surface area contributed by atoms with Gasteiger partial charge in [-0.1, -0.05) is 67.6 Å². The third-order valence-electron chi connectivity index (χ3n) is 3.41. The molecular weight excluding hydrogens is 324 g/mol. The number of amides is 1. The molecule has 2 heterocycles. The van der Waals surface area contributed by atoms with Gasteiger partial charge in [0.25, 0.3) is 5.89 Å². The van der Waals surface area contributed by atoms with Gasteiger partial charge in [0.1, 0.15) is 4.88 Å². The molecule has 1 amide bonds. The molecular formula is C17H18N4O2S. The van der Waals surface area contributed by atoms with Crippen molar-refractivity contribution in [3.05, 3.63) is 36.2 Å². The molecule has 0 spiro atoms. The lowest BCUT2D eigenvalue weighted by Gasteiger charge is -2.03. The molecule has 3 rings (SSSR count). The van der Waals surface area contributed by atoms with E-state index >= 15 is 0 Å². The second-order valence-corrected chi connectivity index (χ2v) is 6.58. The number of nitrogens with one attached hydrogen (secondary N) is 1. The van der Waals surface area contributed by atoms with Crippen LogP contribution >= 0.6 is 11.3 Å². The number of hydrogen-bond acceptors (Lipinski definition) is 6. The predicted octanol–water partition coefficient (Wildman–Crippen LogP) is 4.02. The van der Waals surface area contributed by atoms with Crippen molar-refractivity contribution in [3.63, 3.8) is 0 Å². The molecule has 2 aromatic heterocycles. The highest BCUT2D eigenvalue weighted by molar-refractivity contribution is 7.19. The Morgan fingerprint density at radius 3 is 2.62 bits per heavy atom. The van der Waals surface area contributed by atoms with Crippen LogP contribution in [-0.4, -0.2) is 21.0 Å². The molecule has 0 bridgehead atoms. The van der Waals surface area contributed by atoms with Crippen molar-refractivity contribution in [2.24, 2.45) is 5.92 Å². The SMILES string of the molecule is CCc1noc(-c2sc(NC(=O)C(C)C)nc2-c2ccccc2)n1. The smallest absolute Gasteiger partial charge is 0.270 e. The third kappa shape index (κ3) is 3.35. The van der Waals surface area contributed by atoms with E-state index in [9.17, 15) is 4.79 Å². The summed E-state index contributed by atoms with van der Waals surface area (Å²) in [4.78, 5) is 21.7. The molecule has 0 aliphatic rings. The molecule has 0 saturated carbocycles. The highest BCUT2D eigenvalue weighted by Gasteiger charge is 2.21. The van der Waals surface area contributed by atoms with Crippen LogP contribution in [0.15, 0.2) is 34.9 Å². The summed E-state index contributed by atoms with van der Waals surface area (Å²) in [7, 11) is 0. The second-order valence-electron chi connectivity index (χ2n) is 5.58. The van der Waals surface area contributed by atoms with Crippen LogP contribution in [0.1, 0.15) is 26.6 Å². The summed E-state index contributed by atoms with van der Waals surface area (Å²) in [5.41, 5.74) is 1.66. The van der Waals surface area contributed by atoms with Crippen LogP contribution in [0.25, 0.3) is 22.0 Å². The standard InChI is InChI=1S/C17H18N4O2S/c1-4-12-18-16(23-21-12)14-13(11-8-6-5-7-9-11)19-17(24-14)20-15(22)10(2)3/h5-10H,4H2,1-3H3,(H,19,20,22). The van der Waals surface area contributed by atoms with Crippen molar-refractivity contribution < 1.29 is 9.32 Å². The van der Waals surface area contributed by atoms with Gasteiger partial charge in [-0.25, -0.2) is 4.98 Å². The minimum absolute atomic E-state index is 0.0744. The maximum absolute atomic E-state index is 12.0. The molecule has 0 unspecified atom stereocenters. The number of carbonyl (C=O) groups is 1. The first-order chi connectivity index (χ1) is 11.6. The maximum atomic E-state index is 12.0. The van der Waals surface area contributed by atoms with E-state index in [0.29, 0.717) is 23.3 Å². The molecule has 124 valence electrons. The number of thiazole rings is 1. The number of carbonyl (C=O) groups excluding carboxylic acids is 1. The summed E-state index contributed by atoms with van der Waals surface area (Å²) in [5.74, 6) is 0.876. The van der Waals surface area contributed by atoms with E-state index in [-0.39, 0.29) is 11.8 Å². The van der Waals surface area contributed by atoms with Crippen LogP contribution in [0.5, 0.6) is 0 Å². The van der Waals surface area contributed by atoms with Gasteiger partial charge in [0.15, 0.2) is 11.0 Å². The summed E-state index contributed by atoms with van der Waals surface area (Å²) in [5, 5.41) is 7.32. The summed E-state index contributed by atoms with van der Waals surface area (Å²) < 4.78 is 5.37. The Hall–Kier alpha value is -2.54. The normalized spacial score (nSPS) is 11.0. The Morgan fingerprint density at radius 1 is 1.25 bits per heavy atom. The maximum Gasteiger partial charge on any atom is 0.270 e. The summed E-state index contributed by atoms with van der Waals surface area (Å²) >= 11 is 1.34. The van der Waals surface area contributed by atoms with E-state index in [1.807, 2.05) is 51.1 Å². The molecule has 0 aliphatic heterocycles. The van der Waals surface area contributed by atoms with Crippen molar-refractivity contribution in [2.75, 3.05) is 5.32 Å². The monoisotopic (exact) mass is 342 g/mol. The average molecular weight is 342 g/mol. The van der Waals surface area contributed by atoms with E-state index in [1.165, 1.54) is 11.3 Å². The van der Waals surface area contributed by atoms with E-state index in [2.05, 4.69) is 20.4 Å². The third-order valence-corrected chi connectivity index (χ3v) is 4.37. The van der Waals surface area contributed by atoms with Crippen LogP contribution in [0.3, 0.4) is 0 Å². The minimum Gasteiger partial charge on any atom is -0.333 e. The molecule has 6 nitrogen and oxygen atoms in total. The summed E-state index contributed by atoms with van der Waals surface area (Å²) in [6, 6.07) is 9.75. The molecule has 24 heavy (non-hydrogen) atoms. The zero-order valence-electron chi connectivity index (χ0n) is 13.7. The molecule has 0 fully saturated rings. The Kier molecular flexibility index (Phi) is 4.71. The Morgan fingerprint density at radius 2 is 2.00 bits per heavy atom. The van der Waals surface area contributed by atoms with Gasteiger partial charge in [0.2, 0.25) is 5.91 Å². The number of hydrogen-bond donors (Lipinski definition) is 1. The van der Waals surface area contributed by atoms with Gasteiger partial charge >= 0.3 is 0 Å². The molecule has 0 atom stereocenters. The first-order valence-corrected chi connectivity index (χ1v) is 8.60. The average Bonchev–Trinajstić information content (AvgIpc) is 3.22. The van der Waals surface area contributed by atoms with E-state index in [4.69, 9.17) is 4.52 Å². The molecule has 1 N–H and O–H groups in total. The van der Waals surface area contributed by atoms with Gasteiger partial charge in [0, 0.05) is 17.9 Å². The highest BCUT2D eigenvalue weighted by atomic mass is 32.1. The molecule has 0 radical (unpaired) electrons. The van der Waals surface area contributed by atoms with Gasteiger partial charge in [-0.05, 0) is 0 Å². The quantitative estimate of drug-likeness (QED) is 0.757. The zero-order chi connectivity index (χ0) is 17.1. The summed E-state index contributed by atoms with van der Waals surface area (Å²) in [6.07, 6.45) is 0.694. The number of rotatable bonds is 5. The number of anilines is 1. The molecule has 1 aromatic carbocycles. The lowest BCUT2D eigenvalue weighted by molar-refractivity contribution is -0.118. The van der Waals surface area contributed by atoms with Crippen LogP contribution in [0, 0.1) is 5.92 Å². The van der Waals surface area contributed by atoms with Gasteiger partial charge < -0.3 is 9.84 Å². The fourth-order valence-electron chi connectivity index (χ4n) is 2.05. The van der Waals surface area contributed by atoms with Crippen molar-refractivity contribution in [1.82, 2.24) is 15.1 Å². The predicted molar refractivity (Wildman–Crippen MR) is 93.7 cm³/mol. The van der Waals surface area contributed by atoms with Crippen LogP contribution in [0.2, 0.25) is 0 Å². The van der Waals surface area contributed by atoms with Gasteiger partial charge in [-0.3, -0.25) is 4.79 Å². The Labute approximate surface area is 143 Å². The van der Waals surface area contributed by atoms with E-state index in [1.54, 1.807) is 0 Å². The number of nitrogens with zero attached hydrogens (tertiary/aromatic N) is 3. The van der Waals surface area contributed by atoms with Crippen LogP contribution in [0.4, 0.5) is 5.13 Å². The fraction of sp³-hybridized carbons (Fsp3) is 0.294. The number of benzene rings is 1. The van der Waals surface area contributed by atoms with E-state index in [0.717, 1.165) is 16.1 Å². The fourth-order valence-corrected chi connectivity index (χ4v) is 2.96. The Balaban J connectivity index is 2.04. The minimum atomic E-state index is -0.118. The van der Waals surface area contributed by atoms with E-state index < -0.39 is 0 Å². The largest absolute Gasteiger partial charge is 0.333 e. The van der Waals surface area contributed by atoms with Crippen molar-refractivity contribution >= 4 is 22.4 Å². The molecule has 7 heteroatoms. The molecule has 3 aromatic rings. The van der Waals surface area contributed by atoms with Crippen molar-refractivity contribution in [1.29, 1.82) is 0 Å². The van der Waals surface area contributed by atoms with Gasteiger partial charge in [-0.15, -0.1) is 0 Å². The Bertz CT molecular complexity index is 839. The summed E-state index contributed by atoms with van der Waals surface area (Å²) in [6.45, 7) is 5.65. The first kappa shape index (κ1) is 16.3.